The molecule has 2 aromatic rings. The van der Waals surface area contributed by atoms with E-state index in [1.807, 2.05) is 18.2 Å². The van der Waals surface area contributed by atoms with E-state index in [0.717, 1.165) is 12.0 Å². The van der Waals surface area contributed by atoms with Crippen molar-refractivity contribution in [2.75, 3.05) is 19.7 Å². The van der Waals surface area contributed by atoms with Gasteiger partial charge in [-0.05, 0) is 37.8 Å². The Morgan fingerprint density at radius 3 is 2.19 bits per heavy atom. The summed E-state index contributed by atoms with van der Waals surface area (Å²) in [6.07, 6.45) is 2.17. The first-order valence-corrected chi connectivity index (χ1v) is 9.61. The van der Waals surface area contributed by atoms with Crippen LogP contribution in [0.4, 0.5) is 0 Å². The number of rotatable bonds is 10. The summed E-state index contributed by atoms with van der Waals surface area (Å²) in [4.78, 5) is 26.2. The minimum Gasteiger partial charge on any atom is -0.466 e. The number of aryl methyl sites for hydroxylation is 2. The van der Waals surface area contributed by atoms with Crippen LogP contribution < -0.4 is 0 Å². The predicted octanol–water partition coefficient (Wildman–Crippen LogP) is 3.95. The number of nitrogens with zero attached hydrogens (tertiary/aromatic N) is 1. The Kier molecular flexibility index (Phi) is 8.56. The Hall–Kier alpha value is -2.62. The molecular formula is C23H29NO3. The average molecular weight is 367 g/mol. The van der Waals surface area contributed by atoms with Crippen molar-refractivity contribution in [2.45, 2.75) is 39.5 Å². The van der Waals surface area contributed by atoms with Gasteiger partial charge in [0.25, 0.3) is 0 Å². The highest BCUT2D eigenvalue weighted by atomic mass is 16.5. The van der Waals surface area contributed by atoms with Crippen LogP contribution in [0.5, 0.6) is 0 Å². The van der Waals surface area contributed by atoms with Gasteiger partial charge in [0, 0.05) is 19.5 Å². The molecule has 27 heavy (non-hydrogen) atoms. The first-order valence-electron chi connectivity index (χ1n) is 9.61. The third kappa shape index (κ3) is 7.65. The molecule has 2 aromatic carbocycles. The van der Waals surface area contributed by atoms with Crippen molar-refractivity contribution >= 4 is 11.9 Å². The van der Waals surface area contributed by atoms with E-state index >= 15 is 0 Å². The lowest BCUT2D eigenvalue weighted by molar-refractivity contribution is -0.144. The molecular weight excluding hydrogens is 338 g/mol. The number of hydrogen-bond donors (Lipinski definition) is 0. The van der Waals surface area contributed by atoms with Crippen molar-refractivity contribution in [1.82, 2.24) is 4.90 Å². The van der Waals surface area contributed by atoms with Gasteiger partial charge in [-0.2, -0.15) is 0 Å². The third-order valence-corrected chi connectivity index (χ3v) is 4.51. The van der Waals surface area contributed by atoms with Gasteiger partial charge in [-0.15, -0.1) is 0 Å². The topological polar surface area (TPSA) is 46.6 Å². The molecule has 0 aliphatic heterocycles. The van der Waals surface area contributed by atoms with E-state index in [1.165, 1.54) is 11.1 Å². The van der Waals surface area contributed by atoms with Crippen LogP contribution in [0.1, 0.15) is 36.5 Å². The molecule has 0 heterocycles. The molecule has 0 bridgehead atoms. The maximum Gasteiger partial charge on any atom is 0.307 e. The number of carbonyl (C=O) groups excluding carboxylic acids is 2. The minimum absolute atomic E-state index is 0.0794. The Bertz CT molecular complexity index is 710. The quantitative estimate of drug-likeness (QED) is 0.597. The van der Waals surface area contributed by atoms with Gasteiger partial charge in [0.1, 0.15) is 0 Å². The number of esters is 1. The fourth-order valence-electron chi connectivity index (χ4n) is 2.89. The Morgan fingerprint density at radius 2 is 1.52 bits per heavy atom. The molecule has 0 radical (unpaired) electrons. The summed E-state index contributed by atoms with van der Waals surface area (Å²) >= 11 is 0. The molecule has 0 N–H and O–H groups in total. The van der Waals surface area contributed by atoms with Gasteiger partial charge in [0.2, 0.25) is 5.91 Å². The number of benzene rings is 2. The second-order valence-electron chi connectivity index (χ2n) is 6.66. The van der Waals surface area contributed by atoms with E-state index in [9.17, 15) is 9.59 Å². The van der Waals surface area contributed by atoms with Gasteiger partial charge in [-0.3, -0.25) is 9.59 Å². The molecule has 0 fully saturated rings. The lowest BCUT2D eigenvalue weighted by Crippen LogP contribution is -2.35. The first-order chi connectivity index (χ1) is 13.1. The molecule has 0 aliphatic carbocycles. The lowest BCUT2D eigenvalue weighted by Gasteiger charge is -2.22. The highest BCUT2D eigenvalue weighted by Gasteiger charge is 2.15. The van der Waals surface area contributed by atoms with E-state index in [0.29, 0.717) is 32.5 Å². The molecule has 0 unspecified atom stereocenters. The molecule has 2 rings (SSSR count). The number of amides is 1. The Labute approximate surface area is 162 Å². The largest absolute Gasteiger partial charge is 0.466 e. The lowest BCUT2D eigenvalue weighted by atomic mass is 10.1. The maximum atomic E-state index is 12.7. The molecule has 4 heteroatoms. The van der Waals surface area contributed by atoms with Crippen LogP contribution in [-0.4, -0.2) is 36.5 Å². The van der Waals surface area contributed by atoms with Gasteiger partial charge in [-0.1, -0.05) is 60.2 Å². The van der Waals surface area contributed by atoms with Crippen LogP contribution in [0.2, 0.25) is 0 Å². The van der Waals surface area contributed by atoms with E-state index in [4.69, 9.17) is 4.74 Å². The van der Waals surface area contributed by atoms with Crippen molar-refractivity contribution in [1.29, 1.82) is 0 Å². The standard InChI is InChI=1S/C23H29NO3/c1-3-27-23(26)16-18-24(17-15-20-7-5-4-6-8-20)22(25)14-13-21-11-9-19(2)10-12-21/h4-12H,3,13-18H2,1-2H3. The average Bonchev–Trinajstić information content (AvgIpc) is 2.68. The fraction of sp³-hybridized carbons (Fsp3) is 0.391. The molecule has 0 saturated heterocycles. The third-order valence-electron chi connectivity index (χ3n) is 4.51. The van der Waals surface area contributed by atoms with Crippen LogP contribution in [0, 0.1) is 6.92 Å². The maximum absolute atomic E-state index is 12.7. The van der Waals surface area contributed by atoms with Gasteiger partial charge >= 0.3 is 5.97 Å². The zero-order valence-electron chi connectivity index (χ0n) is 16.3. The summed E-state index contributed by atoms with van der Waals surface area (Å²) in [7, 11) is 0. The Morgan fingerprint density at radius 1 is 0.852 bits per heavy atom. The van der Waals surface area contributed by atoms with Crippen molar-refractivity contribution in [3.8, 4) is 0 Å². The summed E-state index contributed by atoms with van der Waals surface area (Å²) in [5, 5.41) is 0. The Balaban J connectivity index is 1.92. The SMILES string of the molecule is CCOC(=O)CCN(CCc1ccccc1)C(=O)CCc1ccc(C)cc1. The van der Waals surface area contributed by atoms with Gasteiger partial charge in [-0.25, -0.2) is 0 Å². The predicted molar refractivity (Wildman–Crippen MR) is 107 cm³/mol. The summed E-state index contributed by atoms with van der Waals surface area (Å²) in [6, 6.07) is 18.3. The zero-order valence-corrected chi connectivity index (χ0v) is 16.3. The van der Waals surface area contributed by atoms with Gasteiger partial charge in [0.15, 0.2) is 0 Å². The molecule has 0 atom stereocenters. The van der Waals surface area contributed by atoms with Crippen molar-refractivity contribution in [2.24, 2.45) is 0 Å². The molecule has 144 valence electrons. The molecule has 1 amide bonds. The summed E-state index contributed by atoms with van der Waals surface area (Å²) in [6.45, 7) is 5.21. The number of hydrogen-bond acceptors (Lipinski definition) is 3. The van der Waals surface area contributed by atoms with E-state index in [1.54, 1.807) is 11.8 Å². The fourth-order valence-corrected chi connectivity index (χ4v) is 2.89. The highest BCUT2D eigenvalue weighted by Crippen LogP contribution is 2.09. The minimum atomic E-state index is -0.256. The molecule has 0 aromatic heterocycles. The number of carbonyl (C=O) groups is 2. The van der Waals surface area contributed by atoms with Crippen LogP contribution in [-0.2, 0) is 27.2 Å². The van der Waals surface area contributed by atoms with Crippen LogP contribution in [0.15, 0.2) is 54.6 Å². The summed E-state index contributed by atoms with van der Waals surface area (Å²) in [5.41, 5.74) is 3.55. The second-order valence-corrected chi connectivity index (χ2v) is 6.66. The van der Waals surface area contributed by atoms with Gasteiger partial charge in [0.05, 0.1) is 13.0 Å². The van der Waals surface area contributed by atoms with E-state index in [2.05, 4.69) is 43.3 Å². The smallest absolute Gasteiger partial charge is 0.307 e. The molecule has 0 aliphatic rings. The number of ether oxygens (including phenoxy) is 1. The summed E-state index contributed by atoms with van der Waals surface area (Å²) in [5.74, 6) is -0.177. The normalized spacial score (nSPS) is 10.4. The van der Waals surface area contributed by atoms with Crippen LogP contribution >= 0.6 is 0 Å². The van der Waals surface area contributed by atoms with E-state index in [-0.39, 0.29) is 18.3 Å². The summed E-state index contributed by atoms with van der Waals surface area (Å²) < 4.78 is 5.00. The van der Waals surface area contributed by atoms with Crippen molar-refractivity contribution in [3.63, 3.8) is 0 Å². The monoisotopic (exact) mass is 367 g/mol. The molecule has 0 spiro atoms. The molecule has 0 saturated carbocycles. The van der Waals surface area contributed by atoms with Crippen LogP contribution in [0.3, 0.4) is 0 Å². The zero-order chi connectivity index (χ0) is 19.5. The van der Waals surface area contributed by atoms with Crippen molar-refractivity contribution in [3.05, 3.63) is 71.3 Å². The molecule has 4 nitrogen and oxygen atoms in total. The highest BCUT2D eigenvalue weighted by molar-refractivity contribution is 5.77. The van der Waals surface area contributed by atoms with Crippen LogP contribution in [0.25, 0.3) is 0 Å². The van der Waals surface area contributed by atoms with E-state index < -0.39 is 0 Å². The van der Waals surface area contributed by atoms with Crippen molar-refractivity contribution < 1.29 is 14.3 Å². The first kappa shape index (κ1) is 20.7. The second kappa shape index (κ2) is 11.2. The van der Waals surface area contributed by atoms with Gasteiger partial charge < -0.3 is 9.64 Å².